The summed E-state index contributed by atoms with van der Waals surface area (Å²) in [6, 6.07) is 12.1. The number of aromatic carboxylic acids is 1. The van der Waals surface area contributed by atoms with E-state index in [1.807, 2.05) is 12.1 Å². The molecule has 0 spiro atoms. The van der Waals surface area contributed by atoms with Crippen LogP contribution in [0.2, 0.25) is 0 Å². The molecule has 2 aromatic carbocycles. The van der Waals surface area contributed by atoms with Gasteiger partial charge in [-0.2, -0.15) is 0 Å². The van der Waals surface area contributed by atoms with Crippen molar-refractivity contribution >= 4 is 5.97 Å². The topological polar surface area (TPSA) is 46.5 Å². The first kappa shape index (κ1) is 19.0. The van der Waals surface area contributed by atoms with Gasteiger partial charge in [-0.3, -0.25) is 0 Å². The third kappa shape index (κ3) is 4.62. The van der Waals surface area contributed by atoms with Crippen LogP contribution >= 0.6 is 0 Å². The largest absolute Gasteiger partial charge is 0.496 e. The molecule has 0 heterocycles. The van der Waals surface area contributed by atoms with Crippen molar-refractivity contribution in [2.75, 3.05) is 7.11 Å². The third-order valence-electron chi connectivity index (χ3n) is 4.65. The maximum atomic E-state index is 11.6. The van der Waals surface area contributed by atoms with Gasteiger partial charge in [-0.25, -0.2) is 4.79 Å². The van der Waals surface area contributed by atoms with Crippen LogP contribution in [-0.2, 0) is 18.3 Å². The predicted molar refractivity (Wildman–Crippen MR) is 102 cm³/mol. The smallest absolute Gasteiger partial charge is 0.339 e. The standard InChI is InChI=1S/C22H28O3/c1-15-12-13-18(22(2,3)4)14-17(15)10-6-8-16-9-7-11-19(25-5)20(16)21(23)24/h7,9,11-14H,6,8,10H2,1-5H3,(H,23,24). The van der Waals surface area contributed by atoms with Crippen molar-refractivity contribution in [2.45, 2.75) is 52.4 Å². The molecule has 134 valence electrons. The number of carboxylic acids is 1. The Morgan fingerprint density at radius 1 is 1.08 bits per heavy atom. The summed E-state index contributed by atoms with van der Waals surface area (Å²) in [5.41, 5.74) is 5.21. The van der Waals surface area contributed by atoms with Gasteiger partial charge in [0.25, 0.3) is 0 Å². The first-order valence-corrected chi connectivity index (χ1v) is 8.73. The van der Waals surface area contributed by atoms with Crippen LogP contribution in [0, 0.1) is 6.92 Å². The van der Waals surface area contributed by atoms with Crippen LogP contribution in [0.25, 0.3) is 0 Å². The predicted octanol–water partition coefficient (Wildman–Crippen LogP) is 5.17. The highest BCUT2D eigenvalue weighted by Crippen LogP contribution is 2.27. The molecule has 0 saturated heterocycles. The Balaban J connectivity index is 2.15. The molecule has 0 aromatic heterocycles. The number of methoxy groups -OCH3 is 1. The van der Waals surface area contributed by atoms with Gasteiger partial charge in [0.1, 0.15) is 11.3 Å². The summed E-state index contributed by atoms with van der Waals surface area (Å²) in [6.45, 7) is 8.79. The van der Waals surface area contributed by atoms with Crippen molar-refractivity contribution in [3.8, 4) is 5.75 Å². The molecule has 0 aliphatic heterocycles. The summed E-state index contributed by atoms with van der Waals surface area (Å²) in [6.07, 6.45) is 2.56. The van der Waals surface area contributed by atoms with Crippen molar-refractivity contribution < 1.29 is 14.6 Å². The summed E-state index contributed by atoms with van der Waals surface area (Å²) < 4.78 is 5.20. The molecule has 3 nitrogen and oxygen atoms in total. The number of carboxylic acid groups (broad SMARTS) is 1. The maximum Gasteiger partial charge on any atom is 0.339 e. The van der Waals surface area contributed by atoms with E-state index >= 15 is 0 Å². The Morgan fingerprint density at radius 3 is 2.36 bits per heavy atom. The number of hydrogen-bond acceptors (Lipinski definition) is 2. The summed E-state index contributed by atoms with van der Waals surface area (Å²) in [7, 11) is 1.51. The average molecular weight is 340 g/mol. The molecule has 0 aliphatic carbocycles. The first-order valence-electron chi connectivity index (χ1n) is 8.73. The Kier molecular flexibility index (Phi) is 5.89. The number of benzene rings is 2. The van der Waals surface area contributed by atoms with Crippen LogP contribution < -0.4 is 4.74 Å². The molecule has 2 rings (SSSR count). The van der Waals surface area contributed by atoms with Crippen molar-refractivity contribution in [2.24, 2.45) is 0 Å². The number of rotatable bonds is 6. The molecule has 0 aliphatic rings. The second-order valence-electron chi connectivity index (χ2n) is 7.54. The second-order valence-corrected chi connectivity index (χ2v) is 7.54. The molecule has 0 atom stereocenters. The van der Waals surface area contributed by atoms with Crippen LogP contribution in [0.15, 0.2) is 36.4 Å². The fraction of sp³-hybridized carbons (Fsp3) is 0.409. The fourth-order valence-electron chi connectivity index (χ4n) is 3.07. The molecule has 0 saturated carbocycles. The lowest BCUT2D eigenvalue weighted by Gasteiger charge is -2.21. The van der Waals surface area contributed by atoms with Crippen LogP contribution in [0.3, 0.4) is 0 Å². The minimum Gasteiger partial charge on any atom is -0.496 e. The monoisotopic (exact) mass is 340 g/mol. The van der Waals surface area contributed by atoms with Gasteiger partial charge in [-0.05, 0) is 59.9 Å². The van der Waals surface area contributed by atoms with Gasteiger partial charge in [0.15, 0.2) is 0 Å². The number of aryl methyl sites for hydroxylation is 3. The van der Waals surface area contributed by atoms with E-state index in [9.17, 15) is 9.90 Å². The quantitative estimate of drug-likeness (QED) is 0.788. The zero-order chi connectivity index (χ0) is 18.6. The molecule has 0 amide bonds. The lowest BCUT2D eigenvalue weighted by molar-refractivity contribution is 0.0692. The molecule has 3 heteroatoms. The average Bonchev–Trinajstić information content (AvgIpc) is 2.54. The molecule has 2 aromatic rings. The van der Waals surface area contributed by atoms with E-state index in [-0.39, 0.29) is 11.0 Å². The molecule has 0 radical (unpaired) electrons. The van der Waals surface area contributed by atoms with Gasteiger partial charge in [-0.1, -0.05) is 51.1 Å². The maximum absolute atomic E-state index is 11.6. The van der Waals surface area contributed by atoms with Crippen LogP contribution in [0.4, 0.5) is 0 Å². The number of ether oxygens (including phenoxy) is 1. The van der Waals surface area contributed by atoms with E-state index < -0.39 is 5.97 Å². The second kappa shape index (κ2) is 7.73. The lowest BCUT2D eigenvalue weighted by Crippen LogP contribution is -2.12. The first-order chi connectivity index (χ1) is 11.7. The van der Waals surface area contributed by atoms with Gasteiger partial charge in [-0.15, -0.1) is 0 Å². The van der Waals surface area contributed by atoms with Crippen molar-refractivity contribution in [3.63, 3.8) is 0 Å². The van der Waals surface area contributed by atoms with E-state index in [4.69, 9.17) is 4.74 Å². The van der Waals surface area contributed by atoms with Gasteiger partial charge in [0.2, 0.25) is 0 Å². The van der Waals surface area contributed by atoms with E-state index in [1.165, 1.54) is 23.8 Å². The molecule has 0 fully saturated rings. The van der Waals surface area contributed by atoms with Crippen LogP contribution in [-0.4, -0.2) is 18.2 Å². The Bertz CT molecular complexity index is 754. The summed E-state index contributed by atoms with van der Waals surface area (Å²) in [5, 5.41) is 9.48. The normalized spacial score (nSPS) is 11.4. The Morgan fingerprint density at radius 2 is 1.76 bits per heavy atom. The zero-order valence-electron chi connectivity index (χ0n) is 15.8. The zero-order valence-corrected chi connectivity index (χ0v) is 15.8. The minimum atomic E-state index is -0.932. The van der Waals surface area contributed by atoms with Gasteiger partial charge < -0.3 is 9.84 Å². The number of hydrogen-bond donors (Lipinski definition) is 1. The minimum absolute atomic E-state index is 0.131. The molecule has 1 N–H and O–H groups in total. The summed E-state index contributed by atoms with van der Waals surface area (Å²) >= 11 is 0. The summed E-state index contributed by atoms with van der Waals surface area (Å²) in [5.74, 6) is -0.505. The highest BCUT2D eigenvalue weighted by molar-refractivity contribution is 5.92. The summed E-state index contributed by atoms with van der Waals surface area (Å²) in [4.78, 5) is 11.6. The Labute approximate surface area is 150 Å². The highest BCUT2D eigenvalue weighted by Gasteiger charge is 2.17. The molecular formula is C22H28O3. The van der Waals surface area contributed by atoms with E-state index in [1.54, 1.807) is 6.07 Å². The van der Waals surface area contributed by atoms with E-state index in [2.05, 4.69) is 45.9 Å². The van der Waals surface area contributed by atoms with E-state index in [0.717, 1.165) is 24.8 Å². The SMILES string of the molecule is COc1cccc(CCCc2cc(C(C)(C)C)ccc2C)c1C(=O)O. The molecular weight excluding hydrogens is 312 g/mol. The van der Waals surface area contributed by atoms with Crippen molar-refractivity contribution in [1.29, 1.82) is 0 Å². The van der Waals surface area contributed by atoms with Crippen LogP contribution in [0.5, 0.6) is 5.75 Å². The lowest BCUT2D eigenvalue weighted by atomic mass is 9.84. The van der Waals surface area contributed by atoms with Gasteiger partial charge in [0, 0.05) is 0 Å². The highest BCUT2D eigenvalue weighted by atomic mass is 16.5. The molecule has 0 bridgehead atoms. The molecule has 0 unspecified atom stereocenters. The van der Waals surface area contributed by atoms with E-state index in [0.29, 0.717) is 5.75 Å². The van der Waals surface area contributed by atoms with Gasteiger partial charge in [0.05, 0.1) is 7.11 Å². The van der Waals surface area contributed by atoms with Crippen LogP contribution in [0.1, 0.15) is 59.8 Å². The third-order valence-corrected chi connectivity index (χ3v) is 4.65. The number of carbonyl (C=O) groups is 1. The van der Waals surface area contributed by atoms with Gasteiger partial charge >= 0.3 is 5.97 Å². The molecule has 25 heavy (non-hydrogen) atoms. The van der Waals surface area contributed by atoms with Crippen molar-refractivity contribution in [3.05, 3.63) is 64.2 Å². The Hall–Kier alpha value is -2.29. The fourth-order valence-corrected chi connectivity index (χ4v) is 3.07. The van der Waals surface area contributed by atoms with Crippen molar-refractivity contribution in [1.82, 2.24) is 0 Å².